The van der Waals surface area contributed by atoms with E-state index in [4.69, 9.17) is 5.73 Å². The Kier molecular flexibility index (Phi) is 4.40. The first-order chi connectivity index (χ1) is 6.77. The Balaban J connectivity index is 2.62. The van der Waals surface area contributed by atoms with Crippen LogP contribution >= 0.6 is 0 Å². The first-order valence-electron chi connectivity index (χ1n) is 5.13. The van der Waals surface area contributed by atoms with Crippen molar-refractivity contribution in [2.45, 2.75) is 32.2 Å². The van der Waals surface area contributed by atoms with Crippen LogP contribution in [0.5, 0.6) is 0 Å². The summed E-state index contributed by atoms with van der Waals surface area (Å²) in [7, 11) is 1.99. The van der Waals surface area contributed by atoms with E-state index in [-0.39, 0.29) is 0 Å². The van der Waals surface area contributed by atoms with E-state index in [1.807, 2.05) is 19.3 Å². The maximum atomic E-state index is 5.85. The third kappa shape index (κ3) is 3.00. The van der Waals surface area contributed by atoms with Gasteiger partial charge in [0.25, 0.3) is 0 Å². The number of nitrogens with zero attached hydrogens (tertiary/aromatic N) is 1. The van der Waals surface area contributed by atoms with Gasteiger partial charge in [-0.2, -0.15) is 0 Å². The molecule has 1 aromatic heterocycles. The molecule has 1 heterocycles. The van der Waals surface area contributed by atoms with E-state index in [1.165, 1.54) is 12.8 Å². The maximum Gasteiger partial charge on any atom is 0.0378 e. The summed E-state index contributed by atoms with van der Waals surface area (Å²) in [5, 5.41) is 3.30. The molecule has 0 spiro atoms. The zero-order valence-electron chi connectivity index (χ0n) is 8.96. The first-order valence-corrected chi connectivity index (χ1v) is 5.13. The summed E-state index contributed by atoms with van der Waals surface area (Å²) in [4.78, 5) is 4.09. The van der Waals surface area contributed by atoms with Gasteiger partial charge in [-0.3, -0.25) is 4.98 Å². The van der Waals surface area contributed by atoms with Crippen molar-refractivity contribution < 1.29 is 0 Å². The number of rotatable bonds is 5. The summed E-state index contributed by atoms with van der Waals surface area (Å²) in [5.41, 5.74) is 7.83. The number of aromatic nitrogens is 1. The Morgan fingerprint density at radius 2 is 2.36 bits per heavy atom. The van der Waals surface area contributed by atoms with Gasteiger partial charge in [-0.05, 0) is 31.5 Å². The van der Waals surface area contributed by atoms with Crippen LogP contribution in [0.4, 0.5) is 5.69 Å². The number of anilines is 1. The van der Waals surface area contributed by atoms with Gasteiger partial charge in [-0.1, -0.05) is 13.3 Å². The van der Waals surface area contributed by atoms with Crippen molar-refractivity contribution in [3.8, 4) is 0 Å². The molecule has 0 aliphatic heterocycles. The summed E-state index contributed by atoms with van der Waals surface area (Å²) < 4.78 is 0. The summed E-state index contributed by atoms with van der Waals surface area (Å²) in [5.74, 6) is 0. The fourth-order valence-electron chi connectivity index (χ4n) is 1.57. The van der Waals surface area contributed by atoms with Crippen molar-refractivity contribution in [3.05, 3.63) is 24.0 Å². The molecule has 0 saturated carbocycles. The van der Waals surface area contributed by atoms with Crippen LogP contribution in [0.1, 0.15) is 25.3 Å². The summed E-state index contributed by atoms with van der Waals surface area (Å²) >= 11 is 0. The Morgan fingerprint density at radius 3 is 2.93 bits per heavy atom. The second-order valence-corrected chi connectivity index (χ2v) is 3.55. The van der Waals surface area contributed by atoms with E-state index in [0.717, 1.165) is 17.7 Å². The Bertz CT molecular complexity index is 273. The summed E-state index contributed by atoms with van der Waals surface area (Å²) in [6.45, 7) is 2.19. The fraction of sp³-hybridized carbons (Fsp3) is 0.545. The van der Waals surface area contributed by atoms with Crippen molar-refractivity contribution in [1.82, 2.24) is 10.3 Å². The highest BCUT2D eigenvalue weighted by Gasteiger charge is 2.07. The Labute approximate surface area is 85.7 Å². The molecule has 0 aromatic carbocycles. The van der Waals surface area contributed by atoms with Crippen molar-refractivity contribution >= 4 is 5.69 Å². The highest BCUT2D eigenvalue weighted by atomic mass is 14.9. The number of likely N-dealkylation sites (N-methyl/N-ethyl adjacent to an activating group) is 1. The molecule has 0 aliphatic carbocycles. The maximum absolute atomic E-state index is 5.85. The van der Waals surface area contributed by atoms with Crippen LogP contribution in [0.25, 0.3) is 0 Å². The molecular weight excluding hydrogens is 174 g/mol. The number of nitrogens with one attached hydrogen (secondary N) is 1. The zero-order valence-corrected chi connectivity index (χ0v) is 8.96. The quantitative estimate of drug-likeness (QED) is 0.746. The van der Waals surface area contributed by atoms with Crippen LogP contribution in [0.3, 0.4) is 0 Å². The Hall–Kier alpha value is -1.09. The van der Waals surface area contributed by atoms with Gasteiger partial charge < -0.3 is 11.1 Å². The van der Waals surface area contributed by atoms with Crippen LogP contribution in [0, 0.1) is 0 Å². The van der Waals surface area contributed by atoms with E-state index in [2.05, 4.69) is 17.2 Å². The molecule has 1 unspecified atom stereocenters. The lowest BCUT2D eigenvalue weighted by Gasteiger charge is -2.15. The van der Waals surface area contributed by atoms with E-state index in [0.29, 0.717) is 6.04 Å². The molecule has 0 fully saturated rings. The van der Waals surface area contributed by atoms with Gasteiger partial charge in [-0.15, -0.1) is 0 Å². The van der Waals surface area contributed by atoms with Gasteiger partial charge in [0.15, 0.2) is 0 Å². The first kappa shape index (κ1) is 11.0. The van der Waals surface area contributed by atoms with E-state index >= 15 is 0 Å². The molecule has 1 rings (SSSR count). The van der Waals surface area contributed by atoms with E-state index < -0.39 is 0 Å². The average molecular weight is 193 g/mol. The van der Waals surface area contributed by atoms with Gasteiger partial charge in [-0.25, -0.2) is 0 Å². The largest absolute Gasteiger partial charge is 0.398 e. The molecule has 1 atom stereocenters. The minimum absolute atomic E-state index is 0.506. The fourth-order valence-corrected chi connectivity index (χ4v) is 1.57. The monoisotopic (exact) mass is 193 g/mol. The minimum atomic E-state index is 0.506. The second-order valence-electron chi connectivity index (χ2n) is 3.55. The molecule has 3 heteroatoms. The summed E-state index contributed by atoms with van der Waals surface area (Å²) in [6, 6.07) is 2.36. The van der Waals surface area contributed by atoms with E-state index in [1.54, 1.807) is 6.20 Å². The van der Waals surface area contributed by atoms with Crippen molar-refractivity contribution in [3.63, 3.8) is 0 Å². The molecule has 3 N–H and O–H groups in total. The van der Waals surface area contributed by atoms with Crippen LogP contribution in [-0.4, -0.2) is 18.1 Å². The minimum Gasteiger partial charge on any atom is -0.398 e. The Morgan fingerprint density at radius 1 is 1.57 bits per heavy atom. The van der Waals surface area contributed by atoms with Crippen LogP contribution in [0.2, 0.25) is 0 Å². The van der Waals surface area contributed by atoms with Crippen LogP contribution in [0.15, 0.2) is 18.5 Å². The summed E-state index contributed by atoms with van der Waals surface area (Å²) in [6.07, 6.45) is 6.91. The van der Waals surface area contributed by atoms with Crippen LogP contribution in [-0.2, 0) is 6.42 Å². The molecule has 0 amide bonds. The standard InChI is InChI=1S/C11H19N3/c1-3-4-10(13-2)7-9-8-14-6-5-11(9)12/h5-6,8,10,13H,3-4,7H2,1-2H3,(H2,12,14). The van der Waals surface area contributed by atoms with Gasteiger partial charge in [0.05, 0.1) is 0 Å². The normalized spacial score (nSPS) is 12.7. The molecule has 0 bridgehead atoms. The molecule has 0 saturated heterocycles. The number of hydrogen-bond acceptors (Lipinski definition) is 3. The van der Waals surface area contributed by atoms with Gasteiger partial charge in [0.1, 0.15) is 0 Å². The van der Waals surface area contributed by atoms with Crippen molar-refractivity contribution in [2.75, 3.05) is 12.8 Å². The zero-order chi connectivity index (χ0) is 10.4. The SMILES string of the molecule is CCCC(Cc1cnccc1N)NC. The third-order valence-electron chi connectivity index (χ3n) is 2.45. The average Bonchev–Trinajstić information content (AvgIpc) is 2.20. The van der Waals surface area contributed by atoms with Crippen molar-refractivity contribution in [2.24, 2.45) is 0 Å². The van der Waals surface area contributed by atoms with Gasteiger partial charge >= 0.3 is 0 Å². The molecule has 14 heavy (non-hydrogen) atoms. The smallest absolute Gasteiger partial charge is 0.0378 e. The number of nitrogen functional groups attached to an aromatic ring is 1. The third-order valence-corrected chi connectivity index (χ3v) is 2.45. The lowest BCUT2D eigenvalue weighted by Crippen LogP contribution is -2.27. The number of hydrogen-bond donors (Lipinski definition) is 2. The molecule has 0 aliphatic rings. The lowest BCUT2D eigenvalue weighted by molar-refractivity contribution is 0.514. The molecule has 1 aromatic rings. The highest BCUT2D eigenvalue weighted by molar-refractivity contribution is 5.44. The highest BCUT2D eigenvalue weighted by Crippen LogP contribution is 2.13. The molecule has 78 valence electrons. The molecular formula is C11H19N3. The number of pyridine rings is 1. The van der Waals surface area contributed by atoms with Gasteiger partial charge in [0.2, 0.25) is 0 Å². The van der Waals surface area contributed by atoms with E-state index in [9.17, 15) is 0 Å². The number of nitrogens with two attached hydrogens (primary N) is 1. The van der Waals surface area contributed by atoms with Crippen LogP contribution < -0.4 is 11.1 Å². The predicted octanol–water partition coefficient (Wildman–Crippen LogP) is 1.59. The topological polar surface area (TPSA) is 50.9 Å². The molecule has 0 radical (unpaired) electrons. The second kappa shape index (κ2) is 5.60. The van der Waals surface area contributed by atoms with Gasteiger partial charge in [0, 0.05) is 24.1 Å². The lowest BCUT2D eigenvalue weighted by atomic mass is 10.0. The predicted molar refractivity (Wildman–Crippen MR) is 60.1 cm³/mol. The van der Waals surface area contributed by atoms with Crippen molar-refractivity contribution in [1.29, 1.82) is 0 Å². The molecule has 3 nitrogen and oxygen atoms in total.